The molecule has 0 radical (unpaired) electrons. The predicted molar refractivity (Wildman–Crippen MR) is 206 cm³/mol. The number of nitrogens with one attached hydrogen (secondary N) is 5. The van der Waals surface area contributed by atoms with Crippen LogP contribution >= 0.6 is 0 Å². The molecule has 5 N–H and O–H groups in total. The number of methoxy groups -OCH3 is 1. The number of carbonyl (C=O) groups is 4. The van der Waals surface area contributed by atoms with E-state index in [1.807, 2.05) is 44.7 Å². The normalized spacial score (nSPS) is 18.1. The number of likely N-dealkylation sites (N-methyl/N-ethyl adjacent to an activating group) is 1. The molecule has 4 aromatic rings. The Labute approximate surface area is 315 Å². The summed E-state index contributed by atoms with van der Waals surface area (Å²) in [6.07, 6.45) is 6.14. The molecule has 2 fully saturated rings. The van der Waals surface area contributed by atoms with Crippen LogP contribution in [-0.2, 0) is 19.1 Å². The maximum atomic E-state index is 13.5. The second kappa shape index (κ2) is 16.6. The summed E-state index contributed by atoms with van der Waals surface area (Å²) in [7, 11) is 2.86. The lowest BCUT2D eigenvalue weighted by Crippen LogP contribution is -2.54. The van der Waals surface area contributed by atoms with E-state index in [9.17, 15) is 19.2 Å². The first-order chi connectivity index (χ1) is 26.0. The molecule has 6 rings (SSSR count). The quantitative estimate of drug-likeness (QED) is 0.134. The molecule has 2 aromatic carbocycles. The summed E-state index contributed by atoms with van der Waals surface area (Å²) in [5.41, 5.74) is 5.77. The summed E-state index contributed by atoms with van der Waals surface area (Å²) in [6, 6.07) is 14.6. The van der Waals surface area contributed by atoms with Crippen molar-refractivity contribution in [1.82, 2.24) is 40.8 Å². The van der Waals surface area contributed by atoms with E-state index in [1.54, 1.807) is 24.3 Å². The fourth-order valence-electron chi connectivity index (χ4n) is 7.37. The van der Waals surface area contributed by atoms with Crippen molar-refractivity contribution >= 4 is 29.8 Å². The van der Waals surface area contributed by atoms with Crippen molar-refractivity contribution in [3.05, 3.63) is 66.7 Å². The number of hydrogen-bond acceptors (Lipinski definition) is 8. The number of benzene rings is 2. The van der Waals surface area contributed by atoms with Gasteiger partial charge in [-0.2, -0.15) is 0 Å². The highest BCUT2D eigenvalue weighted by molar-refractivity contribution is 5.91. The highest BCUT2D eigenvalue weighted by atomic mass is 16.5. The lowest BCUT2D eigenvalue weighted by molar-refractivity contribution is -0.135. The maximum Gasteiger partial charge on any atom is 0.407 e. The third-order valence-electron chi connectivity index (χ3n) is 10.4. The summed E-state index contributed by atoms with van der Waals surface area (Å²) < 4.78 is 4.75. The molecule has 2 aliphatic heterocycles. The zero-order chi connectivity index (χ0) is 38.5. The predicted octanol–water partition coefficient (Wildman–Crippen LogP) is 5.03. The first-order valence-electron chi connectivity index (χ1n) is 18.7. The molecular weight excluding hydrogens is 686 g/mol. The number of ether oxygens (including phenoxy) is 1. The Morgan fingerprint density at radius 2 is 1.33 bits per heavy atom. The van der Waals surface area contributed by atoms with E-state index in [-0.39, 0.29) is 35.6 Å². The molecule has 0 saturated carbocycles. The van der Waals surface area contributed by atoms with E-state index in [2.05, 4.69) is 72.3 Å². The van der Waals surface area contributed by atoms with Gasteiger partial charge >= 0.3 is 6.09 Å². The Kier molecular flexibility index (Phi) is 11.7. The fraction of sp³-hybridized carbons (Fsp3) is 0.450. The molecule has 14 nitrogen and oxygen atoms in total. The van der Waals surface area contributed by atoms with Gasteiger partial charge in [0.25, 0.3) is 0 Å². The van der Waals surface area contributed by atoms with Gasteiger partial charge < -0.3 is 40.5 Å². The molecule has 4 atom stereocenters. The highest BCUT2D eigenvalue weighted by Gasteiger charge is 2.38. The number of aromatic nitrogens is 4. The second-order valence-electron chi connectivity index (χ2n) is 14.7. The van der Waals surface area contributed by atoms with Crippen LogP contribution in [0.15, 0.2) is 60.9 Å². The molecule has 2 saturated heterocycles. The fourth-order valence-corrected chi connectivity index (χ4v) is 7.37. The largest absolute Gasteiger partial charge is 0.453 e. The van der Waals surface area contributed by atoms with Gasteiger partial charge in [-0.1, -0.05) is 76.2 Å². The minimum absolute atomic E-state index is 0.0407. The van der Waals surface area contributed by atoms with Gasteiger partial charge in [0.1, 0.15) is 23.9 Å². The van der Waals surface area contributed by atoms with E-state index in [0.29, 0.717) is 25.5 Å². The molecule has 2 aliphatic rings. The number of hydrogen-bond donors (Lipinski definition) is 5. The number of anilines is 1. The standard InChI is InChI=1S/C40H51N9O5/c1-23(2)33(37(51)41-5)46-36(50)32-10-8-20-49(32)39-43-22-30(45-39)28-17-13-26(14-18-28)25-11-15-27(16-12-25)29-21-42-35(44-29)31-9-7-19-48(31)38(52)34(24(3)4)47-40(53)54-6/h11-18,21-24,31-34H,7-10,19-20H2,1-6H3,(H,41,51)(H,42,44)(H,43,45)(H,46,50)(H,47,53). The van der Waals surface area contributed by atoms with Crippen LogP contribution in [-0.4, -0.2) is 94.0 Å². The lowest BCUT2D eigenvalue weighted by atomic mass is 10.0. The van der Waals surface area contributed by atoms with Crippen LogP contribution in [0.4, 0.5) is 10.7 Å². The van der Waals surface area contributed by atoms with Gasteiger partial charge in [0.15, 0.2) is 0 Å². The summed E-state index contributed by atoms with van der Waals surface area (Å²) in [5, 5.41) is 8.28. The third-order valence-corrected chi connectivity index (χ3v) is 10.4. The summed E-state index contributed by atoms with van der Waals surface area (Å²) in [6.45, 7) is 8.92. The van der Waals surface area contributed by atoms with Crippen LogP contribution in [0, 0.1) is 11.8 Å². The first kappa shape index (κ1) is 38.1. The van der Waals surface area contributed by atoms with Crippen molar-refractivity contribution in [2.24, 2.45) is 11.8 Å². The first-order valence-corrected chi connectivity index (χ1v) is 18.7. The number of amides is 4. The Balaban J connectivity index is 1.10. The SMILES string of the molecule is CNC(=O)C(NC(=O)C1CCCN1c1ncc(-c2ccc(-c3ccc(-c4cnc(C5CCCN5C(=O)C(NC(=O)OC)C(C)C)[nH]4)cc3)cc2)[nH]1)C(C)C. The van der Waals surface area contributed by atoms with E-state index in [1.165, 1.54) is 7.11 Å². The van der Waals surface area contributed by atoms with Crippen molar-refractivity contribution < 1.29 is 23.9 Å². The number of imidazole rings is 2. The van der Waals surface area contributed by atoms with Crippen LogP contribution in [0.25, 0.3) is 33.6 Å². The zero-order valence-corrected chi connectivity index (χ0v) is 31.8. The second-order valence-corrected chi connectivity index (χ2v) is 14.7. The molecule has 286 valence electrons. The maximum absolute atomic E-state index is 13.5. The number of carbonyl (C=O) groups excluding carboxylic acids is 4. The Morgan fingerprint density at radius 3 is 1.93 bits per heavy atom. The smallest absolute Gasteiger partial charge is 0.407 e. The molecule has 4 amide bonds. The minimum atomic E-state index is -0.686. The molecule has 4 unspecified atom stereocenters. The van der Waals surface area contributed by atoms with Crippen LogP contribution in [0.2, 0.25) is 0 Å². The topological polar surface area (TPSA) is 177 Å². The molecule has 0 spiro atoms. The van der Waals surface area contributed by atoms with Crippen LogP contribution in [0.1, 0.15) is 65.2 Å². The summed E-state index contributed by atoms with van der Waals surface area (Å²) in [5.74, 6) is 0.698. The molecule has 54 heavy (non-hydrogen) atoms. The van der Waals surface area contributed by atoms with Gasteiger partial charge in [-0.25, -0.2) is 14.8 Å². The Bertz CT molecular complexity index is 1930. The summed E-state index contributed by atoms with van der Waals surface area (Å²) >= 11 is 0. The van der Waals surface area contributed by atoms with Gasteiger partial charge in [0.05, 0.1) is 36.9 Å². The van der Waals surface area contributed by atoms with Gasteiger partial charge in [-0.3, -0.25) is 14.4 Å². The van der Waals surface area contributed by atoms with Crippen molar-refractivity contribution in [2.45, 2.75) is 77.5 Å². The van der Waals surface area contributed by atoms with Crippen molar-refractivity contribution in [3.8, 4) is 33.6 Å². The number of rotatable bonds is 12. The van der Waals surface area contributed by atoms with Crippen molar-refractivity contribution in [2.75, 3.05) is 32.1 Å². The van der Waals surface area contributed by atoms with Gasteiger partial charge in [0, 0.05) is 20.1 Å². The molecular formula is C40H51N9O5. The van der Waals surface area contributed by atoms with Crippen LogP contribution < -0.4 is 20.9 Å². The average Bonchev–Trinajstić information content (AvgIpc) is 4.02. The van der Waals surface area contributed by atoms with Gasteiger partial charge in [0.2, 0.25) is 23.7 Å². The average molecular weight is 738 g/mol. The van der Waals surface area contributed by atoms with Gasteiger partial charge in [-0.05, 0) is 59.8 Å². The Hall–Kier alpha value is -5.66. The molecule has 0 bridgehead atoms. The number of alkyl carbamates (subject to hydrolysis) is 1. The van der Waals surface area contributed by atoms with Gasteiger partial charge in [-0.15, -0.1) is 0 Å². The molecule has 0 aliphatic carbocycles. The number of H-pyrrole nitrogens is 2. The van der Waals surface area contributed by atoms with E-state index in [0.717, 1.165) is 58.7 Å². The molecule has 14 heteroatoms. The van der Waals surface area contributed by atoms with Crippen molar-refractivity contribution in [1.29, 1.82) is 0 Å². The number of likely N-dealkylation sites (tertiary alicyclic amines) is 1. The zero-order valence-electron chi connectivity index (χ0n) is 31.8. The minimum Gasteiger partial charge on any atom is -0.453 e. The highest BCUT2D eigenvalue weighted by Crippen LogP contribution is 2.34. The van der Waals surface area contributed by atoms with E-state index >= 15 is 0 Å². The van der Waals surface area contributed by atoms with Crippen molar-refractivity contribution in [3.63, 3.8) is 0 Å². The number of aromatic amines is 2. The van der Waals surface area contributed by atoms with E-state index in [4.69, 9.17) is 4.74 Å². The Morgan fingerprint density at radius 1 is 0.759 bits per heavy atom. The van der Waals surface area contributed by atoms with Crippen LogP contribution in [0.3, 0.4) is 0 Å². The molecule has 2 aromatic heterocycles. The monoisotopic (exact) mass is 737 g/mol. The van der Waals surface area contributed by atoms with E-state index < -0.39 is 24.2 Å². The molecule has 4 heterocycles. The number of nitrogens with zero attached hydrogens (tertiary/aromatic N) is 4. The van der Waals surface area contributed by atoms with Crippen LogP contribution in [0.5, 0.6) is 0 Å². The summed E-state index contributed by atoms with van der Waals surface area (Å²) in [4.78, 5) is 71.0. The third kappa shape index (κ3) is 8.12. The lowest BCUT2D eigenvalue weighted by Gasteiger charge is -2.30.